The van der Waals surface area contributed by atoms with Crippen molar-refractivity contribution < 1.29 is 9.53 Å². The van der Waals surface area contributed by atoms with Crippen molar-refractivity contribution >= 4 is 11.9 Å². The van der Waals surface area contributed by atoms with Crippen LogP contribution in [0.1, 0.15) is 30.1 Å². The van der Waals surface area contributed by atoms with E-state index in [1.54, 1.807) is 31.4 Å². The van der Waals surface area contributed by atoms with Crippen molar-refractivity contribution in [2.24, 2.45) is 16.6 Å². The zero-order valence-electron chi connectivity index (χ0n) is 13.9. The molecule has 1 aromatic rings. The number of ether oxygens (including phenoxy) is 1. The Morgan fingerprint density at radius 3 is 2.87 bits per heavy atom. The fourth-order valence-corrected chi connectivity index (χ4v) is 2.54. The second-order valence-electron chi connectivity index (χ2n) is 5.90. The van der Waals surface area contributed by atoms with Gasteiger partial charge >= 0.3 is 0 Å². The summed E-state index contributed by atoms with van der Waals surface area (Å²) in [5.74, 6) is 1.87. The van der Waals surface area contributed by atoms with E-state index in [0.29, 0.717) is 30.4 Å². The Labute approximate surface area is 137 Å². The first-order valence-corrected chi connectivity index (χ1v) is 8.07. The van der Waals surface area contributed by atoms with Crippen LogP contribution in [-0.2, 0) is 0 Å². The molecular formula is C17H26N4O2. The molecule has 1 aromatic carbocycles. The van der Waals surface area contributed by atoms with Crippen molar-refractivity contribution in [3.8, 4) is 5.75 Å². The van der Waals surface area contributed by atoms with E-state index in [1.165, 1.54) is 0 Å². The minimum absolute atomic E-state index is 0.135. The minimum Gasteiger partial charge on any atom is -0.497 e. The number of hydrogen-bond donors (Lipinski definition) is 2. The third kappa shape index (κ3) is 5.16. The SMILES string of the molecule is COc1cccc(C(=O)NCCN=C(N)N2CCC(C)CC2)c1. The molecule has 0 spiro atoms. The summed E-state index contributed by atoms with van der Waals surface area (Å²) in [6.45, 7) is 5.13. The monoisotopic (exact) mass is 318 g/mol. The Morgan fingerprint density at radius 1 is 1.43 bits per heavy atom. The first kappa shape index (κ1) is 17.1. The molecule has 0 radical (unpaired) electrons. The minimum atomic E-state index is -0.135. The predicted octanol–water partition coefficient (Wildman–Crippen LogP) is 1.47. The number of aliphatic imine (C=N–C) groups is 1. The lowest BCUT2D eigenvalue weighted by Crippen LogP contribution is -2.42. The normalized spacial score (nSPS) is 16.3. The second-order valence-corrected chi connectivity index (χ2v) is 5.90. The van der Waals surface area contributed by atoms with Gasteiger partial charge in [0.1, 0.15) is 5.75 Å². The van der Waals surface area contributed by atoms with E-state index in [9.17, 15) is 4.79 Å². The molecule has 6 nitrogen and oxygen atoms in total. The molecule has 0 unspecified atom stereocenters. The maximum absolute atomic E-state index is 12.0. The number of carbonyl (C=O) groups excluding carboxylic acids is 1. The number of guanidine groups is 1. The number of carbonyl (C=O) groups is 1. The van der Waals surface area contributed by atoms with Crippen molar-refractivity contribution in [1.29, 1.82) is 0 Å². The van der Waals surface area contributed by atoms with Gasteiger partial charge in [-0.25, -0.2) is 0 Å². The Hall–Kier alpha value is -2.24. The van der Waals surface area contributed by atoms with Crippen LogP contribution in [0.25, 0.3) is 0 Å². The molecule has 1 aliphatic rings. The number of nitrogens with one attached hydrogen (secondary N) is 1. The Kier molecular flexibility index (Phi) is 6.26. The van der Waals surface area contributed by atoms with E-state index in [-0.39, 0.29) is 5.91 Å². The van der Waals surface area contributed by atoms with Crippen LogP contribution < -0.4 is 15.8 Å². The van der Waals surface area contributed by atoms with Crippen LogP contribution in [0.4, 0.5) is 0 Å². The fraction of sp³-hybridized carbons (Fsp3) is 0.529. The van der Waals surface area contributed by atoms with Crippen LogP contribution in [0.3, 0.4) is 0 Å². The quantitative estimate of drug-likeness (QED) is 0.489. The molecule has 2 rings (SSSR count). The van der Waals surface area contributed by atoms with Crippen LogP contribution in [0.15, 0.2) is 29.3 Å². The van der Waals surface area contributed by atoms with Gasteiger partial charge in [-0.05, 0) is 37.0 Å². The summed E-state index contributed by atoms with van der Waals surface area (Å²) >= 11 is 0. The molecule has 0 bridgehead atoms. The van der Waals surface area contributed by atoms with Crippen LogP contribution in [-0.4, -0.2) is 50.1 Å². The number of nitrogens with two attached hydrogens (primary N) is 1. The van der Waals surface area contributed by atoms with E-state index in [2.05, 4.69) is 22.1 Å². The highest BCUT2D eigenvalue weighted by molar-refractivity contribution is 5.94. The van der Waals surface area contributed by atoms with Crippen molar-refractivity contribution in [2.75, 3.05) is 33.3 Å². The van der Waals surface area contributed by atoms with Crippen molar-refractivity contribution in [2.45, 2.75) is 19.8 Å². The Bertz CT molecular complexity index is 551. The van der Waals surface area contributed by atoms with E-state index in [0.717, 1.165) is 31.8 Å². The van der Waals surface area contributed by atoms with Crippen LogP contribution in [0.2, 0.25) is 0 Å². The number of methoxy groups -OCH3 is 1. The largest absolute Gasteiger partial charge is 0.497 e. The summed E-state index contributed by atoms with van der Waals surface area (Å²) < 4.78 is 5.11. The lowest BCUT2D eigenvalue weighted by Gasteiger charge is -2.31. The molecule has 1 fully saturated rings. The highest BCUT2D eigenvalue weighted by atomic mass is 16.5. The number of piperidine rings is 1. The molecule has 1 aliphatic heterocycles. The second kappa shape index (κ2) is 8.41. The van der Waals surface area contributed by atoms with Crippen molar-refractivity contribution in [3.63, 3.8) is 0 Å². The molecule has 1 saturated heterocycles. The Balaban J connectivity index is 1.75. The van der Waals surface area contributed by atoms with Gasteiger partial charge in [-0.3, -0.25) is 9.79 Å². The zero-order valence-corrected chi connectivity index (χ0v) is 13.9. The Morgan fingerprint density at radius 2 is 2.17 bits per heavy atom. The highest BCUT2D eigenvalue weighted by Crippen LogP contribution is 2.15. The summed E-state index contributed by atoms with van der Waals surface area (Å²) in [5, 5.41) is 2.84. The standard InChI is InChI=1S/C17H26N4O2/c1-13-6-10-21(11-7-13)17(18)20-9-8-19-16(22)14-4-3-5-15(12-14)23-2/h3-5,12-13H,6-11H2,1-2H3,(H2,18,20)(H,19,22). The lowest BCUT2D eigenvalue weighted by atomic mass is 10.00. The first-order valence-electron chi connectivity index (χ1n) is 8.07. The van der Waals surface area contributed by atoms with E-state index in [1.807, 2.05) is 0 Å². The van der Waals surface area contributed by atoms with Gasteiger partial charge in [-0.2, -0.15) is 0 Å². The molecule has 0 saturated carbocycles. The highest BCUT2D eigenvalue weighted by Gasteiger charge is 2.16. The van der Waals surface area contributed by atoms with Gasteiger partial charge in [0.05, 0.1) is 13.7 Å². The van der Waals surface area contributed by atoms with Crippen LogP contribution in [0.5, 0.6) is 5.75 Å². The topological polar surface area (TPSA) is 79.9 Å². The van der Waals surface area contributed by atoms with Gasteiger partial charge in [-0.1, -0.05) is 13.0 Å². The summed E-state index contributed by atoms with van der Waals surface area (Å²) in [5.41, 5.74) is 6.58. The van der Waals surface area contributed by atoms with Gasteiger partial charge in [0.15, 0.2) is 5.96 Å². The molecule has 0 aliphatic carbocycles. The van der Waals surface area contributed by atoms with Crippen LogP contribution >= 0.6 is 0 Å². The zero-order chi connectivity index (χ0) is 16.7. The van der Waals surface area contributed by atoms with E-state index < -0.39 is 0 Å². The number of nitrogens with zero attached hydrogens (tertiary/aromatic N) is 2. The fourth-order valence-electron chi connectivity index (χ4n) is 2.54. The van der Waals surface area contributed by atoms with Gasteiger partial charge in [0.2, 0.25) is 0 Å². The summed E-state index contributed by atoms with van der Waals surface area (Å²) in [7, 11) is 1.58. The molecule has 1 amide bonds. The molecule has 23 heavy (non-hydrogen) atoms. The van der Waals surface area contributed by atoms with Crippen LogP contribution in [0, 0.1) is 5.92 Å². The average Bonchev–Trinajstić information content (AvgIpc) is 2.59. The number of likely N-dealkylation sites (tertiary alicyclic amines) is 1. The van der Waals surface area contributed by atoms with E-state index in [4.69, 9.17) is 10.5 Å². The lowest BCUT2D eigenvalue weighted by molar-refractivity contribution is 0.0954. The molecule has 3 N–H and O–H groups in total. The van der Waals surface area contributed by atoms with Gasteiger partial charge < -0.3 is 20.7 Å². The van der Waals surface area contributed by atoms with Gasteiger partial charge in [0, 0.05) is 25.2 Å². The summed E-state index contributed by atoms with van der Waals surface area (Å²) in [4.78, 5) is 18.5. The number of benzene rings is 1. The summed E-state index contributed by atoms with van der Waals surface area (Å²) in [6, 6.07) is 7.06. The molecular weight excluding hydrogens is 292 g/mol. The third-order valence-corrected chi connectivity index (χ3v) is 4.11. The van der Waals surface area contributed by atoms with E-state index >= 15 is 0 Å². The molecule has 0 atom stereocenters. The predicted molar refractivity (Wildman–Crippen MR) is 91.8 cm³/mol. The van der Waals surface area contributed by atoms with Crippen molar-refractivity contribution in [3.05, 3.63) is 29.8 Å². The molecule has 1 heterocycles. The third-order valence-electron chi connectivity index (χ3n) is 4.11. The number of hydrogen-bond acceptors (Lipinski definition) is 3. The smallest absolute Gasteiger partial charge is 0.251 e. The first-order chi connectivity index (χ1) is 11.1. The van der Waals surface area contributed by atoms with Gasteiger partial charge in [0.25, 0.3) is 5.91 Å². The maximum Gasteiger partial charge on any atom is 0.251 e. The van der Waals surface area contributed by atoms with Crippen molar-refractivity contribution in [1.82, 2.24) is 10.2 Å². The average molecular weight is 318 g/mol. The summed E-state index contributed by atoms with van der Waals surface area (Å²) in [6.07, 6.45) is 2.31. The molecule has 126 valence electrons. The van der Waals surface area contributed by atoms with Gasteiger partial charge in [-0.15, -0.1) is 0 Å². The number of amides is 1. The molecule has 0 aromatic heterocycles. The maximum atomic E-state index is 12.0. The molecule has 6 heteroatoms. The number of rotatable bonds is 5.